The van der Waals surface area contributed by atoms with Crippen LogP contribution >= 0.6 is 23.2 Å². The molecule has 0 saturated heterocycles. The van der Waals surface area contributed by atoms with Crippen molar-refractivity contribution in [2.75, 3.05) is 7.11 Å². The van der Waals surface area contributed by atoms with Crippen LogP contribution in [0.5, 0.6) is 5.75 Å². The third-order valence-corrected chi connectivity index (χ3v) is 4.55. The molecule has 0 spiro atoms. The first-order chi connectivity index (χ1) is 12.5. The van der Waals surface area contributed by atoms with Gasteiger partial charge in [-0.3, -0.25) is 4.79 Å². The number of benzene rings is 2. The second-order valence-corrected chi connectivity index (χ2v) is 6.37. The van der Waals surface area contributed by atoms with Crippen LogP contribution in [0, 0.1) is 6.92 Å². The molecule has 134 valence electrons. The summed E-state index contributed by atoms with van der Waals surface area (Å²) in [4.78, 5) is 12.8. The topological polar surface area (TPSA) is 64.4 Å². The van der Waals surface area contributed by atoms with Crippen molar-refractivity contribution >= 4 is 29.1 Å². The lowest BCUT2D eigenvalue weighted by molar-refractivity contribution is 0.0949. The molecule has 0 aliphatic heterocycles. The van der Waals surface area contributed by atoms with Gasteiger partial charge in [-0.05, 0) is 25.1 Å². The summed E-state index contributed by atoms with van der Waals surface area (Å²) in [6.07, 6.45) is 0. The van der Waals surface area contributed by atoms with Crippen molar-refractivity contribution in [1.82, 2.24) is 10.5 Å². The second-order valence-electron chi connectivity index (χ2n) is 5.55. The van der Waals surface area contributed by atoms with Crippen molar-refractivity contribution in [3.05, 3.63) is 69.4 Å². The van der Waals surface area contributed by atoms with Gasteiger partial charge in [0.15, 0.2) is 0 Å². The predicted octanol–water partition coefficient (Wildman–Crippen LogP) is 4.90. The number of rotatable bonds is 5. The monoisotopic (exact) mass is 390 g/mol. The minimum Gasteiger partial charge on any atom is -0.496 e. The molecule has 7 heteroatoms. The van der Waals surface area contributed by atoms with Gasteiger partial charge < -0.3 is 14.6 Å². The lowest BCUT2D eigenvalue weighted by Crippen LogP contribution is -2.24. The van der Waals surface area contributed by atoms with Crippen LogP contribution in [0.15, 0.2) is 47.0 Å². The second kappa shape index (κ2) is 7.81. The molecule has 0 atom stereocenters. The Morgan fingerprint density at radius 2 is 1.85 bits per heavy atom. The number of amides is 1. The van der Waals surface area contributed by atoms with E-state index in [0.29, 0.717) is 44.9 Å². The largest absolute Gasteiger partial charge is 0.496 e. The number of ether oxygens (including phenoxy) is 1. The summed E-state index contributed by atoms with van der Waals surface area (Å²) in [5.41, 5.74) is 1.94. The van der Waals surface area contributed by atoms with E-state index in [9.17, 15) is 4.79 Å². The summed E-state index contributed by atoms with van der Waals surface area (Å²) in [5.74, 6) is 0.748. The number of nitrogens with one attached hydrogen (secondary N) is 1. The highest BCUT2D eigenvalue weighted by Gasteiger charge is 2.24. The van der Waals surface area contributed by atoms with E-state index in [1.165, 1.54) is 0 Å². The number of carbonyl (C=O) groups excluding carboxylic acids is 1. The van der Waals surface area contributed by atoms with Gasteiger partial charge >= 0.3 is 0 Å². The average molecular weight is 391 g/mol. The Bertz CT molecular complexity index is 933. The van der Waals surface area contributed by atoms with Gasteiger partial charge in [-0.2, -0.15) is 0 Å². The van der Waals surface area contributed by atoms with E-state index in [0.717, 1.165) is 5.56 Å². The Morgan fingerprint density at radius 1 is 1.15 bits per heavy atom. The maximum absolute atomic E-state index is 12.8. The number of carbonyl (C=O) groups is 1. The average Bonchev–Trinajstić information content (AvgIpc) is 3.01. The molecule has 3 rings (SSSR count). The molecule has 0 fully saturated rings. The number of nitrogens with zero attached hydrogens (tertiary/aromatic N) is 1. The molecule has 0 saturated carbocycles. The number of hydrogen-bond donors (Lipinski definition) is 1. The molecule has 1 amide bonds. The molecule has 1 aromatic heterocycles. The summed E-state index contributed by atoms with van der Waals surface area (Å²) in [5, 5.41) is 7.64. The van der Waals surface area contributed by atoms with Gasteiger partial charge in [-0.25, -0.2) is 0 Å². The number of methoxy groups -OCH3 is 1. The molecule has 0 aliphatic carbocycles. The number of aryl methyl sites for hydroxylation is 1. The molecule has 3 aromatic rings. The third kappa shape index (κ3) is 3.54. The fourth-order valence-corrected chi connectivity index (χ4v) is 3.22. The minimum atomic E-state index is -0.333. The molecule has 1 heterocycles. The van der Waals surface area contributed by atoms with Gasteiger partial charge in [-0.1, -0.05) is 52.6 Å². The maximum Gasteiger partial charge on any atom is 0.257 e. The summed E-state index contributed by atoms with van der Waals surface area (Å²) in [6, 6.07) is 12.6. The minimum absolute atomic E-state index is 0.295. The lowest BCUT2D eigenvalue weighted by atomic mass is 10.1. The van der Waals surface area contributed by atoms with E-state index in [1.807, 2.05) is 24.3 Å². The molecule has 1 N–H and O–H groups in total. The van der Waals surface area contributed by atoms with Crippen LogP contribution < -0.4 is 10.1 Å². The van der Waals surface area contributed by atoms with E-state index >= 15 is 0 Å². The van der Waals surface area contributed by atoms with Gasteiger partial charge in [0.1, 0.15) is 22.8 Å². The number of halogens is 2. The number of hydrogen-bond acceptors (Lipinski definition) is 4. The third-order valence-electron chi connectivity index (χ3n) is 3.92. The number of para-hydroxylation sites is 1. The molecule has 0 bridgehead atoms. The van der Waals surface area contributed by atoms with Crippen LogP contribution in [0.2, 0.25) is 10.0 Å². The summed E-state index contributed by atoms with van der Waals surface area (Å²) in [6.45, 7) is 1.96. The van der Waals surface area contributed by atoms with Crippen molar-refractivity contribution < 1.29 is 14.1 Å². The maximum atomic E-state index is 12.8. The van der Waals surface area contributed by atoms with Gasteiger partial charge in [0, 0.05) is 17.7 Å². The molecule has 0 radical (unpaired) electrons. The molecule has 2 aromatic carbocycles. The molecule has 5 nitrogen and oxygen atoms in total. The Kier molecular flexibility index (Phi) is 5.49. The molecule has 0 aliphatic rings. The SMILES string of the molecule is COc1ccccc1CNC(=O)c1c(-c2c(Cl)cccc2Cl)noc1C. The van der Waals surface area contributed by atoms with E-state index < -0.39 is 0 Å². The standard InChI is InChI=1S/C19H16Cl2N2O3/c1-11-16(18(23-26-11)17-13(20)7-5-8-14(17)21)19(24)22-10-12-6-3-4-9-15(12)25-2/h3-9H,10H2,1-2H3,(H,22,24). The molecular weight excluding hydrogens is 375 g/mol. The summed E-state index contributed by atoms with van der Waals surface area (Å²) in [7, 11) is 1.59. The van der Waals surface area contributed by atoms with Crippen LogP contribution in [-0.4, -0.2) is 18.2 Å². The highest BCUT2D eigenvalue weighted by Crippen LogP contribution is 2.36. The predicted molar refractivity (Wildman–Crippen MR) is 101 cm³/mol. The fourth-order valence-electron chi connectivity index (χ4n) is 2.65. The van der Waals surface area contributed by atoms with Crippen molar-refractivity contribution in [3.63, 3.8) is 0 Å². The summed E-state index contributed by atoms with van der Waals surface area (Å²) >= 11 is 12.5. The first-order valence-electron chi connectivity index (χ1n) is 7.83. The van der Waals surface area contributed by atoms with E-state index in [4.69, 9.17) is 32.5 Å². The van der Waals surface area contributed by atoms with Crippen molar-refractivity contribution in [1.29, 1.82) is 0 Å². The highest BCUT2D eigenvalue weighted by molar-refractivity contribution is 6.39. The van der Waals surface area contributed by atoms with Gasteiger partial charge in [-0.15, -0.1) is 0 Å². The molecule has 0 unspecified atom stereocenters. The first kappa shape index (κ1) is 18.3. The molecule has 26 heavy (non-hydrogen) atoms. The van der Waals surface area contributed by atoms with Crippen LogP contribution in [0.1, 0.15) is 21.7 Å². The van der Waals surface area contributed by atoms with Crippen molar-refractivity contribution in [2.24, 2.45) is 0 Å². The van der Waals surface area contributed by atoms with Crippen LogP contribution in [0.3, 0.4) is 0 Å². The van der Waals surface area contributed by atoms with Gasteiger partial charge in [0.25, 0.3) is 5.91 Å². The normalized spacial score (nSPS) is 10.6. The summed E-state index contributed by atoms with van der Waals surface area (Å²) < 4.78 is 10.5. The lowest BCUT2D eigenvalue weighted by Gasteiger charge is -2.10. The van der Waals surface area contributed by atoms with Gasteiger partial charge in [0.05, 0.1) is 17.2 Å². The van der Waals surface area contributed by atoms with E-state index in [2.05, 4.69) is 10.5 Å². The zero-order valence-electron chi connectivity index (χ0n) is 14.2. The smallest absolute Gasteiger partial charge is 0.257 e. The number of aromatic nitrogens is 1. The van der Waals surface area contributed by atoms with Crippen LogP contribution in [0.25, 0.3) is 11.3 Å². The fraction of sp³-hybridized carbons (Fsp3) is 0.158. The van der Waals surface area contributed by atoms with Crippen molar-refractivity contribution in [2.45, 2.75) is 13.5 Å². The Labute approximate surface area is 160 Å². The van der Waals surface area contributed by atoms with E-state index in [-0.39, 0.29) is 5.91 Å². The van der Waals surface area contributed by atoms with Gasteiger partial charge in [0.2, 0.25) is 0 Å². The highest BCUT2D eigenvalue weighted by atomic mass is 35.5. The Morgan fingerprint density at radius 3 is 2.54 bits per heavy atom. The first-order valence-corrected chi connectivity index (χ1v) is 8.59. The van der Waals surface area contributed by atoms with E-state index in [1.54, 1.807) is 32.2 Å². The van der Waals surface area contributed by atoms with Crippen LogP contribution in [0.4, 0.5) is 0 Å². The Hall–Kier alpha value is -2.50. The molecular formula is C19H16Cl2N2O3. The quantitative estimate of drug-likeness (QED) is 0.672. The zero-order chi connectivity index (χ0) is 18.7. The van der Waals surface area contributed by atoms with Crippen molar-refractivity contribution in [3.8, 4) is 17.0 Å². The van der Waals surface area contributed by atoms with Crippen LogP contribution in [-0.2, 0) is 6.54 Å². The Balaban J connectivity index is 1.90. The zero-order valence-corrected chi connectivity index (χ0v) is 15.7.